The SMILES string of the molecule is O=C(O)CC[n+]1c(C=CC=CC=C2Nc3ccccc3S2)sc2ccccc21.[I-]. The molecule has 0 saturated heterocycles. The molecule has 0 fully saturated rings. The number of aryl methyl sites for hydroxylation is 1. The maximum Gasteiger partial charge on any atom is 0.309 e. The fourth-order valence-electron chi connectivity index (χ4n) is 2.97. The molecule has 29 heavy (non-hydrogen) atoms. The summed E-state index contributed by atoms with van der Waals surface area (Å²) >= 11 is 3.39. The van der Waals surface area contributed by atoms with Crippen molar-refractivity contribution in [3.63, 3.8) is 0 Å². The first kappa shape index (κ1) is 21.6. The van der Waals surface area contributed by atoms with Crippen molar-refractivity contribution in [2.24, 2.45) is 0 Å². The topological polar surface area (TPSA) is 53.2 Å². The van der Waals surface area contributed by atoms with Gasteiger partial charge in [-0.3, -0.25) is 4.79 Å². The molecule has 0 aliphatic carbocycles. The highest BCUT2D eigenvalue weighted by molar-refractivity contribution is 8.03. The molecule has 0 unspecified atom stereocenters. The van der Waals surface area contributed by atoms with Crippen LogP contribution in [0.4, 0.5) is 5.69 Å². The minimum atomic E-state index is -0.785. The van der Waals surface area contributed by atoms with E-state index in [4.69, 9.17) is 5.11 Å². The average molecular weight is 534 g/mol. The molecule has 0 atom stereocenters. The monoisotopic (exact) mass is 534 g/mol. The molecular weight excluding hydrogens is 515 g/mol. The van der Waals surface area contributed by atoms with Gasteiger partial charge in [-0.1, -0.05) is 65.6 Å². The summed E-state index contributed by atoms with van der Waals surface area (Å²) < 4.78 is 3.23. The smallest absolute Gasteiger partial charge is 0.309 e. The molecule has 1 aromatic heterocycles. The standard InChI is InChI=1S/C22H18N2O2S2.HI/c25-22(26)14-15-24-17-9-5-7-11-19(17)28-21(24)13-3-1-2-12-20-23-16-8-4-6-10-18(16)27-20;/h1-13H,14-15H2,(H,25,26);1H. The zero-order chi connectivity index (χ0) is 19.3. The summed E-state index contributed by atoms with van der Waals surface area (Å²) in [4.78, 5) is 12.2. The van der Waals surface area contributed by atoms with Crippen LogP contribution in [0.15, 0.2) is 82.8 Å². The predicted octanol–water partition coefficient (Wildman–Crippen LogP) is 2.30. The van der Waals surface area contributed by atoms with Crippen LogP contribution >= 0.6 is 23.1 Å². The van der Waals surface area contributed by atoms with Crippen LogP contribution in [0.3, 0.4) is 0 Å². The number of carboxylic acid groups (broad SMARTS) is 1. The van der Waals surface area contributed by atoms with Gasteiger partial charge in [0.15, 0.2) is 6.54 Å². The number of benzene rings is 2. The fraction of sp³-hybridized carbons (Fsp3) is 0.0909. The van der Waals surface area contributed by atoms with E-state index in [1.165, 1.54) is 4.90 Å². The maximum absolute atomic E-state index is 11.0. The van der Waals surface area contributed by atoms with Gasteiger partial charge in [0.25, 0.3) is 5.01 Å². The number of aromatic nitrogens is 1. The van der Waals surface area contributed by atoms with Crippen LogP contribution in [-0.4, -0.2) is 11.1 Å². The lowest BCUT2D eigenvalue weighted by molar-refractivity contribution is -0.667. The number of carbonyl (C=O) groups is 1. The van der Waals surface area contributed by atoms with E-state index < -0.39 is 5.97 Å². The Bertz CT molecular complexity index is 1090. The second-order valence-corrected chi connectivity index (χ2v) is 8.35. The van der Waals surface area contributed by atoms with E-state index in [-0.39, 0.29) is 30.4 Å². The first-order valence-electron chi connectivity index (χ1n) is 8.93. The quantitative estimate of drug-likeness (QED) is 0.290. The number of allylic oxidation sites excluding steroid dienone is 4. The van der Waals surface area contributed by atoms with Gasteiger partial charge in [-0.05, 0) is 24.3 Å². The number of rotatable bonds is 6. The lowest BCUT2D eigenvalue weighted by atomic mass is 10.3. The van der Waals surface area contributed by atoms with Crippen molar-refractivity contribution < 1.29 is 38.4 Å². The van der Waals surface area contributed by atoms with Crippen molar-refractivity contribution in [2.75, 3.05) is 5.32 Å². The number of nitrogens with zero attached hydrogens (tertiary/aromatic N) is 1. The third-order valence-electron chi connectivity index (χ3n) is 4.26. The molecule has 4 nitrogen and oxygen atoms in total. The van der Waals surface area contributed by atoms with Gasteiger partial charge in [0, 0.05) is 17.0 Å². The van der Waals surface area contributed by atoms with Gasteiger partial charge in [0.2, 0.25) is 5.52 Å². The average Bonchev–Trinajstić information content (AvgIpc) is 3.26. The van der Waals surface area contributed by atoms with Crippen LogP contribution in [0.1, 0.15) is 11.4 Å². The number of para-hydroxylation sites is 2. The van der Waals surface area contributed by atoms with Crippen LogP contribution in [0, 0.1) is 0 Å². The highest BCUT2D eigenvalue weighted by atomic mass is 127. The summed E-state index contributed by atoms with van der Waals surface area (Å²) in [6.45, 7) is 0.464. The van der Waals surface area contributed by atoms with E-state index in [9.17, 15) is 4.79 Å². The largest absolute Gasteiger partial charge is 1.00 e. The molecule has 0 bridgehead atoms. The van der Waals surface area contributed by atoms with Crippen molar-refractivity contribution in [1.29, 1.82) is 0 Å². The number of anilines is 1. The van der Waals surface area contributed by atoms with Gasteiger partial charge in [0.05, 0.1) is 10.7 Å². The zero-order valence-electron chi connectivity index (χ0n) is 15.4. The Balaban J connectivity index is 0.00000240. The Morgan fingerprint density at radius 2 is 1.86 bits per heavy atom. The van der Waals surface area contributed by atoms with Crippen LogP contribution in [0.5, 0.6) is 0 Å². The van der Waals surface area contributed by atoms with Gasteiger partial charge in [-0.15, -0.1) is 0 Å². The number of hydrogen-bond donors (Lipinski definition) is 2. The molecule has 3 aromatic rings. The van der Waals surface area contributed by atoms with Gasteiger partial charge in [-0.2, -0.15) is 4.57 Å². The molecule has 1 aliphatic heterocycles. The summed E-state index contributed by atoms with van der Waals surface area (Å²) in [7, 11) is 0. The van der Waals surface area contributed by atoms with Crippen molar-refractivity contribution >= 4 is 51.0 Å². The number of thioether (sulfide) groups is 1. The molecule has 0 saturated carbocycles. The van der Waals surface area contributed by atoms with Crippen molar-refractivity contribution in [1.82, 2.24) is 0 Å². The van der Waals surface area contributed by atoms with Gasteiger partial charge in [0.1, 0.15) is 11.1 Å². The molecule has 2 aromatic carbocycles. The molecule has 148 valence electrons. The molecule has 0 radical (unpaired) electrons. The zero-order valence-corrected chi connectivity index (χ0v) is 19.2. The summed E-state index contributed by atoms with van der Waals surface area (Å²) in [5.74, 6) is -0.785. The molecule has 2 heterocycles. The molecule has 7 heteroatoms. The summed E-state index contributed by atoms with van der Waals surface area (Å²) in [5, 5.41) is 14.6. The second kappa shape index (κ2) is 10.1. The lowest BCUT2D eigenvalue weighted by Crippen LogP contribution is -3.00. The number of carboxylic acids is 1. The van der Waals surface area contributed by atoms with Gasteiger partial charge >= 0.3 is 5.97 Å². The normalized spacial score (nSPS) is 14.4. The number of nitrogens with one attached hydrogen (secondary N) is 1. The van der Waals surface area contributed by atoms with Crippen LogP contribution in [0.2, 0.25) is 0 Å². The first-order chi connectivity index (χ1) is 13.7. The summed E-state index contributed by atoms with van der Waals surface area (Å²) in [5.41, 5.74) is 2.22. The van der Waals surface area contributed by atoms with Gasteiger partial charge in [-0.25, -0.2) is 0 Å². The predicted molar refractivity (Wildman–Crippen MR) is 116 cm³/mol. The molecule has 0 amide bonds. The summed E-state index contributed by atoms with van der Waals surface area (Å²) in [6.07, 6.45) is 10.2. The third-order valence-corrected chi connectivity index (χ3v) is 6.42. The molecule has 0 spiro atoms. The molecule has 1 aliphatic rings. The van der Waals surface area contributed by atoms with E-state index in [1.54, 1.807) is 23.1 Å². The fourth-order valence-corrected chi connectivity index (χ4v) is 4.99. The van der Waals surface area contributed by atoms with E-state index in [2.05, 4.69) is 34.2 Å². The Hall–Kier alpha value is -2.10. The first-order valence-corrected chi connectivity index (χ1v) is 10.6. The Morgan fingerprint density at radius 3 is 2.69 bits per heavy atom. The van der Waals surface area contributed by atoms with Gasteiger partial charge < -0.3 is 34.4 Å². The van der Waals surface area contributed by atoms with E-state index in [1.807, 2.05) is 54.6 Å². The van der Waals surface area contributed by atoms with Crippen molar-refractivity contribution in [3.05, 3.63) is 82.9 Å². The van der Waals surface area contributed by atoms with Crippen LogP contribution < -0.4 is 33.9 Å². The van der Waals surface area contributed by atoms with Crippen LogP contribution in [0.25, 0.3) is 16.3 Å². The Kier molecular flexibility index (Phi) is 7.51. The second-order valence-electron chi connectivity index (χ2n) is 6.20. The van der Waals surface area contributed by atoms with Crippen molar-refractivity contribution in [2.45, 2.75) is 17.9 Å². The van der Waals surface area contributed by atoms with E-state index in [0.717, 1.165) is 25.9 Å². The minimum Gasteiger partial charge on any atom is -1.00 e. The van der Waals surface area contributed by atoms with E-state index in [0.29, 0.717) is 6.54 Å². The number of halogens is 1. The number of aliphatic carboxylic acids is 1. The Labute approximate surface area is 194 Å². The minimum absolute atomic E-state index is 0. The number of thiazole rings is 1. The van der Waals surface area contributed by atoms with Crippen molar-refractivity contribution in [3.8, 4) is 0 Å². The molecular formula is C22H19IN2O2S2. The number of fused-ring (bicyclic) bond motifs is 2. The Morgan fingerprint density at radius 1 is 1.07 bits per heavy atom. The van der Waals surface area contributed by atoms with Crippen LogP contribution in [-0.2, 0) is 11.3 Å². The molecule has 4 rings (SSSR count). The maximum atomic E-state index is 11.0. The lowest BCUT2D eigenvalue weighted by Gasteiger charge is -1.95. The number of hydrogen-bond acceptors (Lipinski definition) is 4. The molecule has 2 N–H and O–H groups in total. The highest BCUT2D eigenvalue weighted by Gasteiger charge is 2.18. The summed E-state index contributed by atoms with van der Waals surface area (Å²) in [6, 6.07) is 16.3. The highest BCUT2D eigenvalue weighted by Crippen LogP contribution is 2.40. The van der Waals surface area contributed by atoms with E-state index >= 15 is 0 Å². The third kappa shape index (κ3) is 5.29.